The summed E-state index contributed by atoms with van der Waals surface area (Å²) in [5, 5.41) is 0. The molecule has 144 valence electrons. The van der Waals surface area contributed by atoms with E-state index in [1.807, 2.05) is 6.08 Å². The highest BCUT2D eigenvalue weighted by Gasteiger charge is 2.24. The molecule has 0 saturated heterocycles. The maximum Gasteiger partial charge on any atom is 0.194 e. The molecule has 27 heavy (non-hydrogen) atoms. The van der Waals surface area contributed by atoms with Crippen molar-refractivity contribution in [1.82, 2.24) is 0 Å². The topological polar surface area (TPSA) is 9.23 Å². The molecule has 6 heteroatoms. The highest BCUT2D eigenvalue weighted by atomic mass is 19.2. The van der Waals surface area contributed by atoms with Crippen molar-refractivity contribution in [2.75, 3.05) is 0 Å². The van der Waals surface area contributed by atoms with Gasteiger partial charge in [0.05, 0.1) is 0 Å². The SMILES string of the molecule is C=CC1CCC(c2cc(F)c(OCc3ccc(F)c(F)c3F)c(F)c2)CC1. The molecule has 0 bridgehead atoms. The van der Waals surface area contributed by atoms with Crippen molar-refractivity contribution in [1.29, 1.82) is 0 Å². The first kappa shape index (κ1) is 19.4. The van der Waals surface area contributed by atoms with Gasteiger partial charge in [-0.25, -0.2) is 22.0 Å². The number of halogens is 5. The summed E-state index contributed by atoms with van der Waals surface area (Å²) in [6.45, 7) is 3.15. The predicted molar refractivity (Wildman–Crippen MR) is 91.9 cm³/mol. The Balaban J connectivity index is 1.74. The lowest BCUT2D eigenvalue weighted by molar-refractivity contribution is 0.265. The Labute approximate surface area is 154 Å². The molecule has 0 aromatic heterocycles. The molecule has 1 aliphatic carbocycles. The third-order valence-electron chi connectivity index (χ3n) is 5.08. The van der Waals surface area contributed by atoms with Crippen LogP contribution in [0.3, 0.4) is 0 Å². The normalized spacial score (nSPS) is 19.7. The minimum absolute atomic E-state index is 0.0582. The highest BCUT2D eigenvalue weighted by Crippen LogP contribution is 2.38. The van der Waals surface area contributed by atoms with Crippen LogP contribution in [0.25, 0.3) is 0 Å². The molecule has 2 aromatic rings. The Morgan fingerprint density at radius 3 is 2.11 bits per heavy atom. The molecular weight excluding hydrogens is 363 g/mol. The van der Waals surface area contributed by atoms with Gasteiger partial charge >= 0.3 is 0 Å². The fourth-order valence-corrected chi connectivity index (χ4v) is 3.47. The lowest BCUT2D eigenvalue weighted by Crippen LogP contribution is -2.12. The van der Waals surface area contributed by atoms with Crippen molar-refractivity contribution < 1.29 is 26.7 Å². The Kier molecular flexibility index (Phi) is 5.82. The van der Waals surface area contributed by atoms with Crippen LogP contribution >= 0.6 is 0 Å². The van der Waals surface area contributed by atoms with E-state index < -0.39 is 41.4 Å². The van der Waals surface area contributed by atoms with Crippen LogP contribution in [0, 0.1) is 35.0 Å². The zero-order valence-electron chi connectivity index (χ0n) is 14.6. The van der Waals surface area contributed by atoms with Crippen molar-refractivity contribution in [2.24, 2.45) is 5.92 Å². The molecule has 0 radical (unpaired) electrons. The Bertz CT molecular complexity index is 818. The van der Waals surface area contributed by atoms with E-state index >= 15 is 0 Å². The van der Waals surface area contributed by atoms with Gasteiger partial charge in [-0.2, -0.15) is 0 Å². The van der Waals surface area contributed by atoms with Gasteiger partial charge in [-0.05, 0) is 67.3 Å². The van der Waals surface area contributed by atoms with E-state index in [0.717, 1.165) is 37.8 Å². The van der Waals surface area contributed by atoms with Crippen molar-refractivity contribution in [3.8, 4) is 5.75 Å². The number of hydrogen-bond donors (Lipinski definition) is 0. The van der Waals surface area contributed by atoms with E-state index in [0.29, 0.717) is 11.5 Å². The van der Waals surface area contributed by atoms with E-state index in [4.69, 9.17) is 4.74 Å². The average molecular weight is 382 g/mol. The van der Waals surface area contributed by atoms with Crippen LogP contribution in [0.15, 0.2) is 36.9 Å². The molecule has 1 aliphatic rings. The summed E-state index contributed by atoms with van der Waals surface area (Å²) in [6, 6.07) is 4.14. The Morgan fingerprint density at radius 1 is 0.889 bits per heavy atom. The summed E-state index contributed by atoms with van der Waals surface area (Å²) in [5.41, 5.74) is 0.221. The average Bonchev–Trinajstić information content (AvgIpc) is 2.67. The number of benzene rings is 2. The van der Waals surface area contributed by atoms with Gasteiger partial charge in [0.15, 0.2) is 34.8 Å². The number of rotatable bonds is 5. The molecule has 1 fully saturated rings. The molecule has 0 heterocycles. The van der Waals surface area contributed by atoms with Gasteiger partial charge in [0, 0.05) is 5.56 Å². The van der Waals surface area contributed by atoms with Crippen LogP contribution in [-0.4, -0.2) is 0 Å². The second-order valence-electron chi connectivity index (χ2n) is 6.78. The summed E-state index contributed by atoms with van der Waals surface area (Å²) in [6.07, 6.45) is 5.38. The maximum absolute atomic E-state index is 14.3. The summed E-state index contributed by atoms with van der Waals surface area (Å²) >= 11 is 0. The van der Waals surface area contributed by atoms with Crippen LogP contribution in [-0.2, 0) is 6.61 Å². The third-order valence-corrected chi connectivity index (χ3v) is 5.08. The van der Waals surface area contributed by atoms with Crippen LogP contribution in [0.5, 0.6) is 5.75 Å². The summed E-state index contributed by atoms with van der Waals surface area (Å²) in [5.74, 6) is -6.41. The molecule has 1 saturated carbocycles. The minimum Gasteiger partial charge on any atom is -0.483 e. The monoisotopic (exact) mass is 382 g/mol. The van der Waals surface area contributed by atoms with Crippen molar-refractivity contribution in [2.45, 2.75) is 38.2 Å². The number of allylic oxidation sites excluding steroid dienone is 1. The van der Waals surface area contributed by atoms with Crippen LogP contribution in [0.4, 0.5) is 22.0 Å². The lowest BCUT2D eigenvalue weighted by atomic mass is 9.79. The molecule has 0 N–H and O–H groups in total. The van der Waals surface area contributed by atoms with Gasteiger partial charge in [-0.15, -0.1) is 6.58 Å². The Morgan fingerprint density at radius 2 is 1.52 bits per heavy atom. The zero-order chi connectivity index (χ0) is 19.6. The molecule has 0 unspecified atom stereocenters. The minimum atomic E-state index is -1.65. The fourth-order valence-electron chi connectivity index (χ4n) is 3.47. The largest absolute Gasteiger partial charge is 0.483 e. The molecular formula is C21H19F5O. The van der Waals surface area contributed by atoms with E-state index in [2.05, 4.69) is 6.58 Å². The quantitative estimate of drug-likeness (QED) is 0.329. The first-order valence-corrected chi connectivity index (χ1v) is 8.77. The van der Waals surface area contributed by atoms with E-state index in [1.165, 1.54) is 12.1 Å². The lowest BCUT2D eigenvalue weighted by Gasteiger charge is -2.27. The summed E-state index contributed by atoms with van der Waals surface area (Å²) in [7, 11) is 0. The molecule has 0 amide bonds. The van der Waals surface area contributed by atoms with E-state index in [-0.39, 0.29) is 11.5 Å². The molecule has 0 aliphatic heterocycles. The first-order chi connectivity index (χ1) is 12.9. The second-order valence-corrected chi connectivity index (χ2v) is 6.78. The molecule has 2 aromatic carbocycles. The number of ether oxygens (including phenoxy) is 1. The third kappa shape index (κ3) is 4.15. The van der Waals surface area contributed by atoms with Crippen molar-refractivity contribution in [3.05, 3.63) is 77.1 Å². The fraction of sp³-hybridized carbons (Fsp3) is 0.333. The summed E-state index contributed by atoms with van der Waals surface area (Å²) in [4.78, 5) is 0. The maximum atomic E-state index is 14.3. The Hall–Kier alpha value is -2.37. The van der Waals surface area contributed by atoms with Gasteiger partial charge in [-0.3, -0.25) is 0 Å². The van der Waals surface area contributed by atoms with Gasteiger partial charge in [-0.1, -0.05) is 6.08 Å². The first-order valence-electron chi connectivity index (χ1n) is 8.77. The number of hydrogen-bond acceptors (Lipinski definition) is 1. The van der Waals surface area contributed by atoms with E-state index in [9.17, 15) is 22.0 Å². The van der Waals surface area contributed by atoms with Crippen molar-refractivity contribution in [3.63, 3.8) is 0 Å². The predicted octanol–water partition coefficient (Wildman–Crippen LogP) is 6.42. The van der Waals surface area contributed by atoms with Gasteiger partial charge < -0.3 is 4.74 Å². The standard InChI is InChI=1S/C21H19F5O/c1-2-12-3-5-13(6-4-12)15-9-17(23)21(18(24)10-15)27-11-14-7-8-16(22)20(26)19(14)25/h2,7-10,12-13H,1,3-6,11H2. The molecule has 0 atom stereocenters. The van der Waals surface area contributed by atoms with Crippen LogP contribution in [0.1, 0.15) is 42.7 Å². The van der Waals surface area contributed by atoms with Gasteiger partial charge in [0.1, 0.15) is 6.61 Å². The molecule has 3 rings (SSSR count). The smallest absolute Gasteiger partial charge is 0.194 e. The van der Waals surface area contributed by atoms with Gasteiger partial charge in [0.25, 0.3) is 0 Å². The molecule has 1 nitrogen and oxygen atoms in total. The van der Waals surface area contributed by atoms with E-state index in [1.54, 1.807) is 0 Å². The van der Waals surface area contributed by atoms with Crippen LogP contribution < -0.4 is 4.74 Å². The van der Waals surface area contributed by atoms with Gasteiger partial charge in [0.2, 0.25) is 0 Å². The highest BCUT2D eigenvalue weighted by molar-refractivity contribution is 5.34. The molecule has 0 spiro atoms. The van der Waals surface area contributed by atoms with Crippen molar-refractivity contribution >= 4 is 0 Å². The zero-order valence-corrected chi connectivity index (χ0v) is 14.6. The summed E-state index contributed by atoms with van der Waals surface area (Å²) < 4.78 is 73.5. The van der Waals surface area contributed by atoms with Crippen LogP contribution in [0.2, 0.25) is 0 Å². The second kappa shape index (κ2) is 8.11.